The second-order valence-electron chi connectivity index (χ2n) is 4.62. The van der Waals surface area contributed by atoms with Crippen molar-refractivity contribution in [3.8, 4) is 0 Å². The molecule has 3 N–H and O–H groups in total. The third kappa shape index (κ3) is 5.09. The van der Waals surface area contributed by atoms with Crippen LogP contribution >= 0.6 is 12.2 Å². The normalized spacial score (nSPS) is 13.9. The van der Waals surface area contributed by atoms with Gasteiger partial charge in [0, 0.05) is 19.0 Å². The fraction of sp³-hybridized carbons (Fsp3) is 0.800. The van der Waals surface area contributed by atoms with Crippen molar-refractivity contribution in [1.82, 2.24) is 4.90 Å². The van der Waals surface area contributed by atoms with Gasteiger partial charge in [0.05, 0.1) is 10.4 Å². The summed E-state index contributed by atoms with van der Waals surface area (Å²) in [6, 6.07) is 0.168. The van der Waals surface area contributed by atoms with Crippen LogP contribution in [-0.4, -0.2) is 40.6 Å². The minimum atomic E-state index is -0.795. The van der Waals surface area contributed by atoms with Crippen LogP contribution in [-0.2, 0) is 4.79 Å². The van der Waals surface area contributed by atoms with E-state index in [1.165, 1.54) is 0 Å². The molecule has 0 aliphatic carbocycles. The molecule has 0 amide bonds. The first-order valence-electron chi connectivity index (χ1n) is 4.88. The van der Waals surface area contributed by atoms with Gasteiger partial charge in [0.2, 0.25) is 0 Å². The zero-order valence-electron chi connectivity index (χ0n) is 9.78. The predicted molar refractivity (Wildman–Crippen MR) is 64.9 cm³/mol. The summed E-state index contributed by atoms with van der Waals surface area (Å²) in [5.41, 5.74) is 4.69. The fourth-order valence-electron chi connectivity index (χ4n) is 1.29. The van der Waals surface area contributed by atoms with Crippen LogP contribution in [0.15, 0.2) is 0 Å². The fourth-order valence-corrected chi connectivity index (χ4v) is 1.54. The van der Waals surface area contributed by atoms with Crippen molar-refractivity contribution in [3.63, 3.8) is 0 Å². The molecule has 0 saturated carbocycles. The number of nitrogens with zero attached hydrogens (tertiary/aromatic N) is 1. The maximum atomic E-state index is 10.9. The lowest BCUT2D eigenvalue weighted by atomic mass is 9.92. The summed E-state index contributed by atoms with van der Waals surface area (Å²) >= 11 is 4.82. The molecule has 1 unspecified atom stereocenters. The predicted octanol–water partition coefficient (Wildman–Crippen LogP) is 1.09. The zero-order valence-corrected chi connectivity index (χ0v) is 10.6. The standard InChI is InChI=1S/C10H20N2O2S/c1-7(5-8(11)15)12(4)6-10(2,3)9(13)14/h7H,5-6H2,1-4H3,(H2,11,15)(H,13,14). The first-order chi connectivity index (χ1) is 6.66. The maximum absolute atomic E-state index is 10.9. The lowest BCUT2D eigenvalue weighted by molar-refractivity contribution is -0.148. The molecule has 1 atom stereocenters. The maximum Gasteiger partial charge on any atom is 0.310 e. The molecule has 0 spiro atoms. The first-order valence-corrected chi connectivity index (χ1v) is 5.29. The van der Waals surface area contributed by atoms with Crippen molar-refractivity contribution >= 4 is 23.2 Å². The van der Waals surface area contributed by atoms with E-state index in [0.29, 0.717) is 18.0 Å². The Kier molecular flexibility index (Phi) is 5.17. The van der Waals surface area contributed by atoms with Crippen molar-refractivity contribution in [2.24, 2.45) is 11.1 Å². The van der Waals surface area contributed by atoms with E-state index >= 15 is 0 Å². The molecule has 5 heteroatoms. The molecule has 88 valence electrons. The molecule has 0 saturated heterocycles. The molecule has 0 aromatic rings. The molecule has 0 bridgehead atoms. The van der Waals surface area contributed by atoms with E-state index in [9.17, 15) is 4.79 Å². The number of thiocarbonyl (C=S) groups is 1. The van der Waals surface area contributed by atoms with Crippen molar-refractivity contribution in [2.45, 2.75) is 33.2 Å². The third-order valence-corrected chi connectivity index (χ3v) is 2.64. The second kappa shape index (κ2) is 5.42. The monoisotopic (exact) mass is 232 g/mol. The van der Waals surface area contributed by atoms with E-state index in [1.807, 2.05) is 18.9 Å². The van der Waals surface area contributed by atoms with E-state index in [-0.39, 0.29) is 6.04 Å². The quantitative estimate of drug-likeness (QED) is 0.671. The van der Waals surface area contributed by atoms with Crippen molar-refractivity contribution in [2.75, 3.05) is 13.6 Å². The van der Waals surface area contributed by atoms with Gasteiger partial charge in [-0.05, 0) is 27.8 Å². The smallest absolute Gasteiger partial charge is 0.310 e. The van der Waals surface area contributed by atoms with E-state index in [2.05, 4.69) is 0 Å². The Morgan fingerprint density at radius 2 is 2.07 bits per heavy atom. The summed E-state index contributed by atoms with van der Waals surface area (Å²) in [7, 11) is 1.88. The summed E-state index contributed by atoms with van der Waals surface area (Å²) in [6.45, 7) is 5.88. The van der Waals surface area contributed by atoms with Crippen LogP contribution in [0.4, 0.5) is 0 Å². The van der Waals surface area contributed by atoms with Gasteiger partial charge in [0.25, 0.3) is 0 Å². The molecular formula is C10H20N2O2S. The van der Waals surface area contributed by atoms with Crippen LogP contribution in [0.1, 0.15) is 27.2 Å². The highest BCUT2D eigenvalue weighted by Crippen LogP contribution is 2.18. The van der Waals surface area contributed by atoms with Gasteiger partial charge in [-0.2, -0.15) is 0 Å². The van der Waals surface area contributed by atoms with Gasteiger partial charge < -0.3 is 15.7 Å². The van der Waals surface area contributed by atoms with Crippen LogP contribution < -0.4 is 5.73 Å². The Balaban J connectivity index is 4.29. The highest BCUT2D eigenvalue weighted by Gasteiger charge is 2.29. The van der Waals surface area contributed by atoms with E-state index in [0.717, 1.165) is 0 Å². The van der Waals surface area contributed by atoms with Crippen molar-refractivity contribution in [3.05, 3.63) is 0 Å². The van der Waals surface area contributed by atoms with Gasteiger partial charge in [-0.15, -0.1) is 0 Å². The largest absolute Gasteiger partial charge is 0.481 e. The van der Waals surface area contributed by atoms with Gasteiger partial charge in [-0.1, -0.05) is 12.2 Å². The van der Waals surface area contributed by atoms with Crippen molar-refractivity contribution in [1.29, 1.82) is 0 Å². The number of aliphatic carboxylic acids is 1. The summed E-state index contributed by atoms with van der Waals surface area (Å²) < 4.78 is 0. The minimum Gasteiger partial charge on any atom is -0.481 e. The highest BCUT2D eigenvalue weighted by atomic mass is 32.1. The number of carboxylic acids is 1. The summed E-state index contributed by atoms with van der Waals surface area (Å²) in [4.78, 5) is 13.4. The average Bonchev–Trinajstić information content (AvgIpc) is 2.01. The van der Waals surface area contributed by atoms with Crippen LogP contribution in [0.5, 0.6) is 0 Å². The molecule has 0 aromatic heterocycles. The molecule has 15 heavy (non-hydrogen) atoms. The van der Waals surface area contributed by atoms with E-state index in [1.54, 1.807) is 13.8 Å². The van der Waals surface area contributed by atoms with Crippen LogP contribution in [0.3, 0.4) is 0 Å². The molecule has 0 heterocycles. The Morgan fingerprint density at radius 1 is 1.60 bits per heavy atom. The second-order valence-corrected chi connectivity index (χ2v) is 5.15. The third-order valence-electron chi connectivity index (χ3n) is 2.47. The first kappa shape index (κ1) is 14.3. The number of rotatable bonds is 6. The Labute approximate surface area is 96.4 Å². The van der Waals surface area contributed by atoms with Gasteiger partial charge >= 0.3 is 5.97 Å². The lowest BCUT2D eigenvalue weighted by Crippen LogP contribution is -2.42. The highest BCUT2D eigenvalue weighted by molar-refractivity contribution is 7.80. The Morgan fingerprint density at radius 3 is 2.40 bits per heavy atom. The van der Waals surface area contributed by atoms with Gasteiger partial charge in [-0.3, -0.25) is 4.79 Å². The topological polar surface area (TPSA) is 66.6 Å². The Bertz CT molecular complexity index is 254. The molecule has 0 fully saturated rings. The van der Waals surface area contributed by atoms with E-state index in [4.69, 9.17) is 23.1 Å². The number of carboxylic acid groups (broad SMARTS) is 1. The Hall–Kier alpha value is -0.680. The van der Waals surface area contributed by atoms with Gasteiger partial charge in [-0.25, -0.2) is 0 Å². The summed E-state index contributed by atoms with van der Waals surface area (Å²) in [5.74, 6) is -0.795. The zero-order chi connectivity index (χ0) is 12.2. The molecule has 0 aromatic carbocycles. The average molecular weight is 232 g/mol. The molecule has 4 nitrogen and oxygen atoms in total. The van der Waals surface area contributed by atoms with E-state index < -0.39 is 11.4 Å². The number of nitrogens with two attached hydrogens (primary N) is 1. The molecule has 0 radical (unpaired) electrons. The van der Waals surface area contributed by atoms with Gasteiger partial charge in [0.15, 0.2) is 0 Å². The lowest BCUT2D eigenvalue weighted by Gasteiger charge is -2.30. The van der Waals surface area contributed by atoms with Crippen molar-refractivity contribution < 1.29 is 9.90 Å². The van der Waals surface area contributed by atoms with Crippen LogP contribution in [0.2, 0.25) is 0 Å². The molecule has 0 aliphatic heterocycles. The number of hydrogen-bond acceptors (Lipinski definition) is 3. The SMILES string of the molecule is CC(CC(N)=S)N(C)CC(C)(C)C(=O)O. The minimum absolute atomic E-state index is 0.168. The summed E-state index contributed by atoms with van der Waals surface area (Å²) in [5, 5.41) is 8.98. The van der Waals surface area contributed by atoms with Crippen LogP contribution in [0, 0.1) is 5.41 Å². The van der Waals surface area contributed by atoms with Gasteiger partial charge in [0.1, 0.15) is 0 Å². The molecule has 0 rings (SSSR count). The van der Waals surface area contributed by atoms with Crippen LogP contribution in [0.25, 0.3) is 0 Å². The number of hydrogen-bond donors (Lipinski definition) is 2. The molecular weight excluding hydrogens is 212 g/mol. The molecule has 0 aliphatic rings. The number of carbonyl (C=O) groups is 1. The summed E-state index contributed by atoms with van der Waals surface area (Å²) in [6.07, 6.45) is 0.613.